The van der Waals surface area contributed by atoms with Gasteiger partial charge in [-0.1, -0.05) is 0 Å². The number of aliphatic hydroxyl groups excluding tert-OH is 1. The van der Waals surface area contributed by atoms with Gasteiger partial charge in [-0.15, -0.1) is 11.3 Å². The maximum atomic E-state index is 9.62. The highest BCUT2D eigenvalue weighted by molar-refractivity contribution is 7.09. The molecule has 1 aliphatic carbocycles. The number of rotatable bonds is 4. The Morgan fingerprint density at radius 2 is 2.54 bits per heavy atom. The first-order chi connectivity index (χ1) is 6.31. The van der Waals surface area contributed by atoms with Crippen LogP contribution in [0, 0.1) is 0 Å². The highest BCUT2D eigenvalue weighted by Crippen LogP contribution is 2.41. The minimum Gasteiger partial charge on any atom is -0.385 e. The zero-order valence-electron chi connectivity index (χ0n) is 7.66. The van der Waals surface area contributed by atoms with Gasteiger partial charge in [0.05, 0.1) is 10.7 Å². The molecule has 2 rings (SSSR count). The molecule has 0 bridgehead atoms. The van der Waals surface area contributed by atoms with Gasteiger partial charge in [0, 0.05) is 17.8 Å². The van der Waals surface area contributed by atoms with Gasteiger partial charge in [0.2, 0.25) is 0 Å². The molecule has 72 valence electrons. The third-order valence-corrected chi connectivity index (χ3v) is 3.23. The predicted octanol–water partition coefficient (Wildman–Crippen LogP) is 1.27. The van der Waals surface area contributed by atoms with Crippen LogP contribution in [0.2, 0.25) is 0 Å². The average Bonchev–Trinajstić information content (AvgIpc) is 2.84. The van der Waals surface area contributed by atoms with Crippen molar-refractivity contribution in [2.24, 2.45) is 0 Å². The van der Waals surface area contributed by atoms with Gasteiger partial charge in [0.15, 0.2) is 0 Å². The Bertz CT molecular complexity index is 283. The van der Waals surface area contributed by atoms with Gasteiger partial charge in [-0.05, 0) is 19.9 Å². The van der Waals surface area contributed by atoms with Crippen LogP contribution in [-0.4, -0.2) is 23.7 Å². The van der Waals surface area contributed by atoms with Crippen LogP contribution in [0.4, 0.5) is 0 Å². The summed E-state index contributed by atoms with van der Waals surface area (Å²) in [6.07, 6.45) is 2.10. The molecule has 1 aromatic heterocycles. The third kappa shape index (κ3) is 2.07. The molecule has 1 aliphatic rings. The van der Waals surface area contributed by atoms with E-state index in [2.05, 4.69) is 10.3 Å². The first-order valence-corrected chi connectivity index (χ1v) is 5.47. The lowest BCUT2D eigenvalue weighted by Gasteiger charge is -2.05. The average molecular weight is 198 g/mol. The molecule has 4 heteroatoms. The van der Waals surface area contributed by atoms with Crippen molar-refractivity contribution in [3.63, 3.8) is 0 Å². The summed E-state index contributed by atoms with van der Waals surface area (Å²) >= 11 is 1.68. The molecule has 1 heterocycles. The van der Waals surface area contributed by atoms with Crippen molar-refractivity contribution in [1.29, 1.82) is 0 Å². The zero-order chi connectivity index (χ0) is 9.26. The highest BCUT2D eigenvalue weighted by atomic mass is 32.1. The summed E-state index contributed by atoms with van der Waals surface area (Å²) in [6.45, 7) is 0.577. The van der Waals surface area contributed by atoms with Gasteiger partial charge >= 0.3 is 0 Å². The van der Waals surface area contributed by atoms with Gasteiger partial charge < -0.3 is 10.4 Å². The SMILES string of the molecule is CNCC(O)c1csc(C2CC2)n1. The van der Waals surface area contributed by atoms with Gasteiger partial charge in [0.25, 0.3) is 0 Å². The fourth-order valence-electron chi connectivity index (χ4n) is 1.27. The predicted molar refractivity (Wildman–Crippen MR) is 53.0 cm³/mol. The van der Waals surface area contributed by atoms with Crippen LogP contribution in [0.1, 0.15) is 35.6 Å². The van der Waals surface area contributed by atoms with E-state index in [1.807, 2.05) is 12.4 Å². The molecule has 0 aromatic carbocycles. The minimum atomic E-state index is -0.450. The van der Waals surface area contributed by atoms with Gasteiger partial charge in [-0.25, -0.2) is 4.98 Å². The molecular weight excluding hydrogens is 184 g/mol. The lowest BCUT2D eigenvalue weighted by Crippen LogP contribution is -2.16. The number of aromatic nitrogens is 1. The van der Waals surface area contributed by atoms with E-state index in [1.54, 1.807) is 11.3 Å². The number of nitrogens with zero attached hydrogens (tertiary/aromatic N) is 1. The lowest BCUT2D eigenvalue weighted by molar-refractivity contribution is 0.173. The molecule has 1 atom stereocenters. The normalized spacial score (nSPS) is 18.9. The quantitative estimate of drug-likeness (QED) is 0.766. The molecule has 0 aliphatic heterocycles. The fraction of sp³-hybridized carbons (Fsp3) is 0.667. The fourth-order valence-corrected chi connectivity index (χ4v) is 2.31. The maximum Gasteiger partial charge on any atom is 0.109 e. The van der Waals surface area contributed by atoms with Gasteiger partial charge in [-0.3, -0.25) is 0 Å². The largest absolute Gasteiger partial charge is 0.385 e. The molecule has 0 amide bonds. The Kier molecular flexibility index (Phi) is 2.62. The van der Waals surface area contributed by atoms with E-state index in [9.17, 15) is 5.11 Å². The number of likely N-dealkylation sites (N-methyl/N-ethyl adjacent to an activating group) is 1. The second-order valence-electron chi connectivity index (χ2n) is 3.46. The van der Waals surface area contributed by atoms with E-state index in [1.165, 1.54) is 17.8 Å². The molecule has 0 spiro atoms. The summed E-state index contributed by atoms with van der Waals surface area (Å²) in [7, 11) is 1.83. The van der Waals surface area contributed by atoms with E-state index >= 15 is 0 Å². The van der Waals surface area contributed by atoms with Crippen molar-refractivity contribution in [1.82, 2.24) is 10.3 Å². The van der Waals surface area contributed by atoms with Gasteiger partial charge in [0.1, 0.15) is 6.10 Å². The molecular formula is C9H14N2OS. The van der Waals surface area contributed by atoms with Crippen molar-refractivity contribution in [3.8, 4) is 0 Å². The smallest absolute Gasteiger partial charge is 0.109 e. The van der Waals surface area contributed by atoms with E-state index < -0.39 is 6.10 Å². The Labute approximate surface area is 81.8 Å². The maximum absolute atomic E-state index is 9.62. The molecule has 0 saturated heterocycles. The van der Waals surface area contributed by atoms with E-state index in [0.29, 0.717) is 12.5 Å². The minimum absolute atomic E-state index is 0.450. The second kappa shape index (κ2) is 3.74. The van der Waals surface area contributed by atoms with Crippen LogP contribution < -0.4 is 5.32 Å². The van der Waals surface area contributed by atoms with Crippen LogP contribution >= 0.6 is 11.3 Å². The molecule has 1 fully saturated rings. The van der Waals surface area contributed by atoms with Crippen LogP contribution in [0.15, 0.2) is 5.38 Å². The van der Waals surface area contributed by atoms with Gasteiger partial charge in [-0.2, -0.15) is 0 Å². The van der Waals surface area contributed by atoms with Crippen LogP contribution in [0.25, 0.3) is 0 Å². The van der Waals surface area contributed by atoms with E-state index in [0.717, 1.165) is 5.69 Å². The molecule has 0 radical (unpaired) electrons. The van der Waals surface area contributed by atoms with Crippen LogP contribution in [-0.2, 0) is 0 Å². The van der Waals surface area contributed by atoms with Crippen molar-refractivity contribution >= 4 is 11.3 Å². The number of nitrogens with one attached hydrogen (secondary N) is 1. The van der Waals surface area contributed by atoms with E-state index in [-0.39, 0.29) is 0 Å². The van der Waals surface area contributed by atoms with Crippen LogP contribution in [0.3, 0.4) is 0 Å². The second-order valence-corrected chi connectivity index (χ2v) is 4.35. The summed E-state index contributed by atoms with van der Waals surface area (Å²) in [5.41, 5.74) is 0.821. The Hall–Kier alpha value is -0.450. The third-order valence-electron chi connectivity index (χ3n) is 2.21. The molecule has 1 aromatic rings. The number of hydrogen-bond acceptors (Lipinski definition) is 4. The summed E-state index contributed by atoms with van der Waals surface area (Å²) < 4.78 is 0. The summed E-state index contributed by atoms with van der Waals surface area (Å²) in [5.74, 6) is 0.695. The summed E-state index contributed by atoms with van der Waals surface area (Å²) in [5, 5.41) is 15.7. The molecule has 3 nitrogen and oxygen atoms in total. The standard InChI is InChI=1S/C9H14N2OS/c1-10-4-8(12)7-5-13-9(11-7)6-2-3-6/h5-6,8,10,12H,2-4H2,1H3. The first kappa shape index (κ1) is 9.12. The highest BCUT2D eigenvalue weighted by Gasteiger charge is 2.27. The van der Waals surface area contributed by atoms with Crippen molar-refractivity contribution in [3.05, 3.63) is 16.1 Å². The number of thiazole rings is 1. The van der Waals surface area contributed by atoms with Crippen molar-refractivity contribution in [2.45, 2.75) is 24.9 Å². The Balaban J connectivity index is 2.03. The summed E-state index contributed by atoms with van der Waals surface area (Å²) in [4.78, 5) is 4.42. The summed E-state index contributed by atoms with van der Waals surface area (Å²) in [6, 6.07) is 0. The molecule has 2 N–H and O–H groups in total. The number of hydrogen-bond donors (Lipinski definition) is 2. The molecule has 13 heavy (non-hydrogen) atoms. The number of aliphatic hydroxyl groups is 1. The first-order valence-electron chi connectivity index (χ1n) is 4.59. The van der Waals surface area contributed by atoms with Crippen LogP contribution in [0.5, 0.6) is 0 Å². The monoisotopic (exact) mass is 198 g/mol. The molecule has 1 unspecified atom stereocenters. The topological polar surface area (TPSA) is 45.1 Å². The van der Waals surface area contributed by atoms with Crippen molar-refractivity contribution in [2.75, 3.05) is 13.6 Å². The lowest BCUT2D eigenvalue weighted by atomic mass is 10.3. The Morgan fingerprint density at radius 3 is 3.15 bits per heavy atom. The molecule has 1 saturated carbocycles. The van der Waals surface area contributed by atoms with E-state index in [4.69, 9.17) is 0 Å². The van der Waals surface area contributed by atoms with Crippen molar-refractivity contribution < 1.29 is 5.11 Å². The Morgan fingerprint density at radius 1 is 1.77 bits per heavy atom. The zero-order valence-corrected chi connectivity index (χ0v) is 8.47.